The first-order chi connectivity index (χ1) is 8.81. The third kappa shape index (κ3) is 3.20. The molecule has 2 rings (SSSR count). The lowest BCUT2D eigenvalue weighted by atomic mass is 9.95. The highest BCUT2D eigenvalue weighted by Gasteiger charge is 2.10. The minimum Gasteiger partial charge on any atom is -0.466 e. The molecule has 0 aliphatic carbocycles. The van der Waals surface area contributed by atoms with Crippen molar-refractivity contribution >= 4 is 12.0 Å². The number of nitrogens with one attached hydrogen (secondary N) is 1. The third-order valence-electron chi connectivity index (χ3n) is 3.06. The van der Waals surface area contributed by atoms with E-state index in [9.17, 15) is 4.79 Å². The fourth-order valence-corrected chi connectivity index (χ4v) is 2.22. The molecule has 3 heteroatoms. The first-order valence-electron chi connectivity index (χ1n) is 6.45. The molecule has 0 saturated carbocycles. The molecule has 0 unspecified atom stereocenters. The summed E-state index contributed by atoms with van der Waals surface area (Å²) >= 11 is 0. The molecule has 1 aliphatic heterocycles. The summed E-state index contributed by atoms with van der Waals surface area (Å²) < 4.78 is 4.89. The van der Waals surface area contributed by atoms with E-state index >= 15 is 0 Å². The Bertz CT molecular complexity index is 452. The molecular formula is C15H19NO2. The third-order valence-corrected chi connectivity index (χ3v) is 3.06. The molecule has 0 fully saturated rings. The summed E-state index contributed by atoms with van der Waals surface area (Å²) in [6.45, 7) is 4.23. The van der Waals surface area contributed by atoms with E-state index in [1.54, 1.807) is 0 Å². The van der Waals surface area contributed by atoms with E-state index in [1.807, 2.05) is 19.1 Å². The number of benzene rings is 1. The summed E-state index contributed by atoms with van der Waals surface area (Å²) in [6.07, 6.45) is 5.31. The van der Waals surface area contributed by atoms with Crippen LogP contribution in [0.2, 0.25) is 0 Å². The van der Waals surface area contributed by atoms with Gasteiger partial charge < -0.3 is 10.1 Å². The lowest BCUT2D eigenvalue weighted by Crippen LogP contribution is -2.24. The summed E-state index contributed by atoms with van der Waals surface area (Å²) in [4.78, 5) is 11.2. The molecule has 1 N–H and O–H groups in total. The normalized spacial score (nSPS) is 14.5. The van der Waals surface area contributed by atoms with Crippen molar-refractivity contribution in [2.45, 2.75) is 26.3 Å². The number of fused-ring (bicyclic) bond motifs is 1. The van der Waals surface area contributed by atoms with Crippen LogP contribution in [0.25, 0.3) is 6.08 Å². The monoisotopic (exact) mass is 245 g/mol. The predicted molar refractivity (Wildman–Crippen MR) is 72.1 cm³/mol. The zero-order valence-corrected chi connectivity index (χ0v) is 10.7. The molecule has 0 saturated heterocycles. The first kappa shape index (κ1) is 12.8. The summed E-state index contributed by atoms with van der Waals surface area (Å²) in [5, 5.41) is 3.36. The molecule has 0 amide bonds. The van der Waals surface area contributed by atoms with Gasteiger partial charge in [-0.2, -0.15) is 0 Å². The second-order valence-corrected chi connectivity index (χ2v) is 4.32. The molecule has 0 atom stereocenters. The van der Waals surface area contributed by atoms with Crippen LogP contribution in [0, 0.1) is 0 Å². The first-order valence-corrected chi connectivity index (χ1v) is 6.45. The van der Waals surface area contributed by atoms with Gasteiger partial charge in [-0.15, -0.1) is 0 Å². The van der Waals surface area contributed by atoms with Crippen molar-refractivity contribution in [3.05, 3.63) is 41.0 Å². The van der Waals surface area contributed by atoms with Gasteiger partial charge in [0.2, 0.25) is 0 Å². The Labute approximate surface area is 108 Å². The van der Waals surface area contributed by atoms with Crippen LogP contribution >= 0.6 is 0 Å². The number of hydrogen-bond donors (Lipinski definition) is 1. The number of rotatable bonds is 4. The van der Waals surface area contributed by atoms with Gasteiger partial charge in [0.25, 0.3) is 0 Å². The van der Waals surface area contributed by atoms with Crippen LogP contribution in [0.3, 0.4) is 0 Å². The van der Waals surface area contributed by atoms with Gasteiger partial charge >= 0.3 is 5.97 Å². The van der Waals surface area contributed by atoms with Crippen molar-refractivity contribution in [3.63, 3.8) is 0 Å². The van der Waals surface area contributed by atoms with Crippen molar-refractivity contribution in [1.82, 2.24) is 5.32 Å². The van der Waals surface area contributed by atoms with Crippen molar-refractivity contribution in [2.24, 2.45) is 0 Å². The molecule has 1 heterocycles. The minimum absolute atomic E-state index is 0.166. The molecule has 3 nitrogen and oxygen atoms in total. The van der Waals surface area contributed by atoms with E-state index in [1.165, 1.54) is 16.7 Å². The van der Waals surface area contributed by atoms with Gasteiger partial charge in [0.15, 0.2) is 0 Å². The Kier molecular flexibility index (Phi) is 4.53. The van der Waals surface area contributed by atoms with Crippen molar-refractivity contribution in [3.8, 4) is 0 Å². The highest BCUT2D eigenvalue weighted by Crippen LogP contribution is 2.19. The van der Waals surface area contributed by atoms with Gasteiger partial charge in [0.05, 0.1) is 13.0 Å². The standard InChI is InChI=1S/C15H19NO2/c1-2-18-15(17)8-4-6-12-5-3-7-13-11-16-10-9-14(12)13/h3-7,16H,2,8-11H2,1H3. The highest BCUT2D eigenvalue weighted by atomic mass is 16.5. The van der Waals surface area contributed by atoms with E-state index < -0.39 is 0 Å². The Morgan fingerprint density at radius 2 is 2.39 bits per heavy atom. The number of esters is 1. The molecule has 1 aromatic carbocycles. The quantitative estimate of drug-likeness (QED) is 0.827. The van der Waals surface area contributed by atoms with Crippen LogP contribution in [0.5, 0.6) is 0 Å². The van der Waals surface area contributed by atoms with Crippen LogP contribution in [-0.2, 0) is 22.5 Å². The second-order valence-electron chi connectivity index (χ2n) is 4.32. The molecule has 0 spiro atoms. The summed E-state index contributed by atoms with van der Waals surface area (Å²) in [6, 6.07) is 6.33. The zero-order chi connectivity index (χ0) is 12.8. The summed E-state index contributed by atoms with van der Waals surface area (Å²) in [7, 11) is 0. The van der Waals surface area contributed by atoms with Gasteiger partial charge in [0, 0.05) is 6.54 Å². The van der Waals surface area contributed by atoms with Gasteiger partial charge in [-0.1, -0.05) is 30.4 Å². The van der Waals surface area contributed by atoms with Crippen LogP contribution in [-0.4, -0.2) is 19.1 Å². The average molecular weight is 245 g/mol. The minimum atomic E-state index is -0.166. The van der Waals surface area contributed by atoms with Gasteiger partial charge in [-0.25, -0.2) is 0 Å². The highest BCUT2D eigenvalue weighted by molar-refractivity contribution is 5.73. The van der Waals surface area contributed by atoms with Crippen LogP contribution in [0.1, 0.15) is 30.0 Å². The van der Waals surface area contributed by atoms with E-state index in [-0.39, 0.29) is 5.97 Å². The van der Waals surface area contributed by atoms with Crippen molar-refractivity contribution < 1.29 is 9.53 Å². The fraction of sp³-hybridized carbons (Fsp3) is 0.400. The van der Waals surface area contributed by atoms with E-state index in [0.717, 1.165) is 19.5 Å². The molecule has 18 heavy (non-hydrogen) atoms. The summed E-state index contributed by atoms with van der Waals surface area (Å²) in [5.74, 6) is -0.166. The molecule has 0 aromatic heterocycles. The lowest BCUT2D eigenvalue weighted by molar-refractivity contribution is -0.142. The molecule has 0 bridgehead atoms. The maximum absolute atomic E-state index is 11.2. The Hall–Kier alpha value is -1.61. The Balaban J connectivity index is 2.05. The maximum Gasteiger partial charge on any atom is 0.309 e. The molecule has 96 valence electrons. The van der Waals surface area contributed by atoms with Gasteiger partial charge in [-0.3, -0.25) is 4.79 Å². The fourth-order valence-electron chi connectivity index (χ4n) is 2.22. The molecule has 1 aliphatic rings. The number of ether oxygens (including phenoxy) is 1. The van der Waals surface area contributed by atoms with Crippen LogP contribution < -0.4 is 5.32 Å². The second kappa shape index (κ2) is 6.36. The van der Waals surface area contributed by atoms with E-state index in [2.05, 4.69) is 23.5 Å². The van der Waals surface area contributed by atoms with Crippen molar-refractivity contribution in [1.29, 1.82) is 0 Å². The summed E-state index contributed by atoms with van der Waals surface area (Å²) in [5.41, 5.74) is 3.98. The number of carbonyl (C=O) groups is 1. The zero-order valence-electron chi connectivity index (χ0n) is 10.7. The van der Waals surface area contributed by atoms with Gasteiger partial charge in [0.1, 0.15) is 0 Å². The topological polar surface area (TPSA) is 38.3 Å². The smallest absolute Gasteiger partial charge is 0.309 e. The molecular weight excluding hydrogens is 226 g/mol. The van der Waals surface area contributed by atoms with Crippen molar-refractivity contribution in [2.75, 3.05) is 13.2 Å². The average Bonchev–Trinajstić information content (AvgIpc) is 2.39. The SMILES string of the molecule is CCOC(=O)CC=Cc1cccc2c1CCNC2. The Morgan fingerprint density at radius 3 is 3.22 bits per heavy atom. The van der Waals surface area contributed by atoms with Crippen LogP contribution in [0.15, 0.2) is 24.3 Å². The number of hydrogen-bond acceptors (Lipinski definition) is 3. The molecule has 1 aromatic rings. The lowest BCUT2D eigenvalue weighted by Gasteiger charge is -2.18. The van der Waals surface area contributed by atoms with Crippen LogP contribution in [0.4, 0.5) is 0 Å². The van der Waals surface area contributed by atoms with Gasteiger partial charge in [-0.05, 0) is 36.6 Å². The maximum atomic E-state index is 11.2. The largest absolute Gasteiger partial charge is 0.466 e. The van der Waals surface area contributed by atoms with E-state index in [4.69, 9.17) is 4.74 Å². The number of carbonyl (C=O) groups excluding carboxylic acids is 1. The Morgan fingerprint density at radius 1 is 1.50 bits per heavy atom. The van der Waals surface area contributed by atoms with E-state index in [0.29, 0.717) is 13.0 Å². The predicted octanol–water partition coefficient (Wildman–Crippen LogP) is 2.30. The molecule has 0 radical (unpaired) electrons.